The second kappa shape index (κ2) is 5.12. The summed E-state index contributed by atoms with van der Waals surface area (Å²) in [5.74, 6) is 2.03. The van der Waals surface area contributed by atoms with Gasteiger partial charge < -0.3 is 5.32 Å². The number of carbonyl (C=O) groups excluding carboxylic acids is 1. The molecule has 1 aromatic carbocycles. The molecule has 0 bridgehead atoms. The summed E-state index contributed by atoms with van der Waals surface area (Å²) in [6, 6.07) is 3.81. The molecule has 0 aliphatic carbocycles. The van der Waals surface area contributed by atoms with E-state index in [2.05, 4.69) is 11.2 Å². The van der Waals surface area contributed by atoms with E-state index < -0.39 is 4.92 Å². The highest BCUT2D eigenvalue weighted by Crippen LogP contribution is 2.18. The number of hydrogen-bond acceptors (Lipinski definition) is 3. The number of nitro benzene ring substituents is 1. The van der Waals surface area contributed by atoms with Crippen molar-refractivity contribution >= 4 is 11.6 Å². The van der Waals surface area contributed by atoms with E-state index >= 15 is 0 Å². The predicted molar refractivity (Wildman–Crippen MR) is 63.6 cm³/mol. The summed E-state index contributed by atoms with van der Waals surface area (Å²) in [7, 11) is 0. The van der Waals surface area contributed by atoms with Crippen LogP contribution in [0.1, 0.15) is 22.8 Å². The first kappa shape index (κ1) is 12.7. The number of nitro groups is 1. The highest BCUT2D eigenvalue weighted by molar-refractivity contribution is 5.95. The second-order valence-corrected chi connectivity index (χ2v) is 3.62. The molecule has 1 aromatic rings. The molecule has 1 amide bonds. The van der Waals surface area contributed by atoms with Crippen molar-refractivity contribution in [3.8, 4) is 12.3 Å². The Hall–Kier alpha value is -2.35. The van der Waals surface area contributed by atoms with E-state index in [0.29, 0.717) is 11.1 Å². The molecule has 0 aromatic heterocycles. The lowest BCUT2D eigenvalue weighted by Gasteiger charge is -2.08. The molecule has 0 saturated heterocycles. The van der Waals surface area contributed by atoms with Gasteiger partial charge >= 0.3 is 0 Å². The van der Waals surface area contributed by atoms with Gasteiger partial charge in [0.1, 0.15) is 0 Å². The van der Waals surface area contributed by atoms with Crippen molar-refractivity contribution in [2.45, 2.75) is 19.9 Å². The Bertz CT molecular complexity index is 503. The molecule has 0 heterocycles. The van der Waals surface area contributed by atoms with E-state index in [1.165, 1.54) is 18.2 Å². The first-order valence-corrected chi connectivity index (χ1v) is 4.97. The van der Waals surface area contributed by atoms with Crippen molar-refractivity contribution in [1.29, 1.82) is 0 Å². The molecule has 1 atom stereocenters. The lowest BCUT2D eigenvalue weighted by molar-refractivity contribution is -0.385. The van der Waals surface area contributed by atoms with Crippen LogP contribution in [0.25, 0.3) is 0 Å². The topological polar surface area (TPSA) is 72.2 Å². The largest absolute Gasteiger partial charge is 0.339 e. The average molecular weight is 232 g/mol. The van der Waals surface area contributed by atoms with Gasteiger partial charge in [0.25, 0.3) is 11.6 Å². The van der Waals surface area contributed by atoms with Gasteiger partial charge in [-0.15, -0.1) is 6.42 Å². The Morgan fingerprint density at radius 3 is 2.71 bits per heavy atom. The lowest BCUT2D eigenvalue weighted by Crippen LogP contribution is -2.31. The van der Waals surface area contributed by atoms with Crippen LogP contribution in [0.5, 0.6) is 0 Å². The monoisotopic (exact) mass is 232 g/mol. The van der Waals surface area contributed by atoms with Crippen LogP contribution in [-0.4, -0.2) is 16.9 Å². The molecular formula is C12H12N2O3. The molecular weight excluding hydrogens is 220 g/mol. The number of benzene rings is 1. The molecule has 5 heteroatoms. The van der Waals surface area contributed by atoms with Crippen molar-refractivity contribution in [2.24, 2.45) is 0 Å². The molecule has 17 heavy (non-hydrogen) atoms. The number of aryl methyl sites for hydroxylation is 1. The molecule has 0 fully saturated rings. The molecule has 1 rings (SSSR count). The van der Waals surface area contributed by atoms with Crippen LogP contribution in [-0.2, 0) is 0 Å². The first-order valence-electron chi connectivity index (χ1n) is 4.97. The Labute approximate surface area is 99.0 Å². The van der Waals surface area contributed by atoms with E-state index in [0.717, 1.165) is 0 Å². The van der Waals surface area contributed by atoms with Gasteiger partial charge in [-0.05, 0) is 26.0 Å². The van der Waals surface area contributed by atoms with Crippen molar-refractivity contribution in [1.82, 2.24) is 5.32 Å². The highest BCUT2D eigenvalue weighted by atomic mass is 16.6. The van der Waals surface area contributed by atoms with Crippen LogP contribution >= 0.6 is 0 Å². The maximum absolute atomic E-state index is 11.7. The third kappa shape index (κ3) is 3.05. The van der Waals surface area contributed by atoms with E-state index in [9.17, 15) is 14.9 Å². The molecule has 0 spiro atoms. The number of terminal acetylenes is 1. The zero-order valence-electron chi connectivity index (χ0n) is 9.56. The van der Waals surface area contributed by atoms with Gasteiger partial charge in [-0.3, -0.25) is 14.9 Å². The summed E-state index contributed by atoms with van der Waals surface area (Å²) >= 11 is 0. The van der Waals surface area contributed by atoms with Crippen LogP contribution in [0.3, 0.4) is 0 Å². The van der Waals surface area contributed by atoms with E-state index in [4.69, 9.17) is 6.42 Å². The molecule has 0 aliphatic rings. The normalized spacial score (nSPS) is 11.4. The predicted octanol–water partition coefficient (Wildman–Crippen LogP) is 1.65. The average Bonchev–Trinajstić information content (AvgIpc) is 2.28. The number of nitrogens with zero attached hydrogens (tertiary/aromatic N) is 1. The number of hydrogen-bond donors (Lipinski definition) is 1. The van der Waals surface area contributed by atoms with Gasteiger partial charge in [0.05, 0.1) is 11.0 Å². The van der Waals surface area contributed by atoms with Crippen molar-refractivity contribution in [3.63, 3.8) is 0 Å². The summed E-state index contributed by atoms with van der Waals surface area (Å²) in [5.41, 5.74) is 0.790. The van der Waals surface area contributed by atoms with Gasteiger partial charge in [0, 0.05) is 17.2 Å². The van der Waals surface area contributed by atoms with Gasteiger partial charge in [0.2, 0.25) is 0 Å². The zero-order chi connectivity index (χ0) is 13.0. The maximum Gasteiger partial charge on any atom is 0.272 e. The Morgan fingerprint density at radius 1 is 1.59 bits per heavy atom. The number of amides is 1. The molecule has 1 unspecified atom stereocenters. The molecule has 88 valence electrons. The summed E-state index contributed by atoms with van der Waals surface area (Å²) in [6.45, 7) is 3.26. The van der Waals surface area contributed by atoms with Gasteiger partial charge in [-0.1, -0.05) is 5.92 Å². The minimum absolute atomic E-state index is 0.00783. The minimum atomic E-state index is -0.485. The smallest absolute Gasteiger partial charge is 0.272 e. The fourth-order valence-corrected chi connectivity index (χ4v) is 1.32. The zero-order valence-corrected chi connectivity index (χ0v) is 9.56. The van der Waals surface area contributed by atoms with Crippen molar-refractivity contribution < 1.29 is 9.72 Å². The summed E-state index contributed by atoms with van der Waals surface area (Å²) < 4.78 is 0. The highest BCUT2D eigenvalue weighted by Gasteiger charge is 2.14. The van der Waals surface area contributed by atoms with Crippen LogP contribution in [0.4, 0.5) is 5.69 Å². The fourth-order valence-electron chi connectivity index (χ4n) is 1.32. The molecule has 0 aliphatic heterocycles. The Morgan fingerprint density at radius 2 is 2.24 bits per heavy atom. The van der Waals surface area contributed by atoms with Crippen LogP contribution < -0.4 is 5.32 Å². The van der Waals surface area contributed by atoms with E-state index in [-0.39, 0.29) is 17.6 Å². The fraction of sp³-hybridized carbons (Fsp3) is 0.250. The molecule has 5 nitrogen and oxygen atoms in total. The SMILES string of the molecule is C#CC(C)NC(=O)c1ccc([N+](=O)[O-])c(C)c1. The second-order valence-electron chi connectivity index (χ2n) is 3.62. The minimum Gasteiger partial charge on any atom is -0.339 e. The van der Waals surface area contributed by atoms with Crippen molar-refractivity contribution in [3.05, 3.63) is 39.4 Å². The van der Waals surface area contributed by atoms with E-state index in [1.54, 1.807) is 13.8 Å². The van der Waals surface area contributed by atoms with E-state index in [1.807, 2.05) is 0 Å². The van der Waals surface area contributed by atoms with Crippen molar-refractivity contribution in [2.75, 3.05) is 0 Å². The van der Waals surface area contributed by atoms with Crippen LogP contribution in [0, 0.1) is 29.4 Å². The molecule has 0 saturated carbocycles. The Balaban J connectivity index is 2.95. The maximum atomic E-state index is 11.7. The standard InChI is InChI=1S/C12H12N2O3/c1-4-9(3)13-12(15)10-5-6-11(14(16)17)8(2)7-10/h1,5-7,9H,2-3H3,(H,13,15). The number of rotatable bonds is 3. The first-order chi connectivity index (χ1) is 7.95. The Kier molecular flexibility index (Phi) is 3.83. The summed E-state index contributed by atoms with van der Waals surface area (Å²) in [4.78, 5) is 21.8. The molecule has 1 N–H and O–H groups in total. The van der Waals surface area contributed by atoms with Crippen LogP contribution in [0.2, 0.25) is 0 Å². The summed E-state index contributed by atoms with van der Waals surface area (Å²) in [5, 5.41) is 13.2. The van der Waals surface area contributed by atoms with Gasteiger partial charge in [-0.2, -0.15) is 0 Å². The van der Waals surface area contributed by atoms with Gasteiger partial charge in [-0.25, -0.2) is 0 Å². The van der Waals surface area contributed by atoms with Crippen LogP contribution in [0.15, 0.2) is 18.2 Å². The third-order valence-electron chi connectivity index (χ3n) is 2.25. The number of carbonyl (C=O) groups is 1. The summed E-state index contributed by atoms with van der Waals surface area (Å²) in [6.07, 6.45) is 5.14. The molecule has 0 radical (unpaired) electrons. The lowest BCUT2D eigenvalue weighted by atomic mass is 10.1. The van der Waals surface area contributed by atoms with Gasteiger partial charge in [0.15, 0.2) is 0 Å². The number of nitrogens with one attached hydrogen (secondary N) is 1. The third-order valence-corrected chi connectivity index (χ3v) is 2.25. The quantitative estimate of drug-likeness (QED) is 0.489.